The minimum atomic E-state index is 0.647. The molecule has 0 saturated carbocycles. The molecule has 0 aliphatic heterocycles. The summed E-state index contributed by atoms with van der Waals surface area (Å²) < 4.78 is 1.21. The molecular formula is C12H21BrN2S. The second-order valence-corrected chi connectivity index (χ2v) is 6.86. The molecule has 0 aliphatic carbocycles. The van der Waals surface area contributed by atoms with E-state index in [4.69, 9.17) is 0 Å². The molecule has 1 rings (SSSR count). The van der Waals surface area contributed by atoms with Crippen LogP contribution < -0.4 is 5.32 Å². The van der Waals surface area contributed by atoms with Crippen LogP contribution in [0, 0.1) is 0 Å². The third-order valence-corrected chi connectivity index (χ3v) is 4.30. The minimum absolute atomic E-state index is 0.647. The van der Waals surface area contributed by atoms with Crippen molar-refractivity contribution < 1.29 is 0 Å². The maximum Gasteiger partial charge on any atom is 0.0701 e. The molecule has 16 heavy (non-hydrogen) atoms. The molecule has 0 bridgehead atoms. The zero-order valence-corrected chi connectivity index (χ0v) is 12.7. The summed E-state index contributed by atoms with van der Waals surface area (Å²) in [5.74, 6) is 0. The van der Waals surface area contributed by atoms with E-state index >= 15 is 0 Å². The van der Waals surface area contributed by atoms with Crippen molar-refractivity contribution in [2.75, 3.05) is 20.1 Å². The maximum atomic E-state index is 3.47. The van der Waals surface area contributed by atoms with E-state index in [9.17, 15) is 0 Å². The zero-order chi connectivity index (χ0) is 12.0. The Kier molecular flexibility index (Phi) is 6.58. The lowest BCUT2D eigenvalue weighted by Gasteiger charge is -2.20. The minimum Gasteiger partial charge on any atom is -0.312 e. The van der Waals surface area contributed by atoms with Crippen molar-refractivity contribution in [3.8, 4) is 0 Å². The fourth-order valence-electron chi connectivity index (χ4n) is 1.37. The van der Waals surface area contributed by atoms with Crippen molar-refractivity contribution in [1.82, 2.24) is 10.2 Å². The molecule has 1 aromatic rings. The third-order valence-electron chi connectivity index (χ3n) is 2.67. The van der Waals surface area contributed by atoms with Crippen LogP contribution in [0.4, 0.5) is 0 Å². The van der Waals surface area contributed by atoms with Crippen LogP contribution in [0.25, 0.3) is 0 Å². The van der Waals surface area contributed by atoms with Crippen LogP contribution in [0.5, 0.6) is 0 Å². The second-order valence-electron chi connectivity index (χ2n) is 4.31. The monoisotopic (exact) mass is 304 g/mol. The maximum absolute atomic E-state index is 3.47. The van der Waals surface area contributed by atoms with Crippen LogP contribution in [0.3, 0.4) is 0 Å². The Morgan fingerprint density at radius 1 is 1.44 bits per heavy atom. The fraction of sp³-hybridized carbons (Fsp3) is 0.667. The van der Waals surface area contributed by atoms with Crippen LogP contribution in [-0.2, 0) is 6.54 Å². The van der Waals surface area contributed by atoms with Gasteiger partial charge in [-0.1, -0.05) is 0 Å². The van der Waals surface area contributed by atoms with Gasteiger partial charge in [-0.05, 0) is 68.5 Å². The van der Waals surface area contributed by atoms with E-state index in [1.54, 1.807) is 11.3 Å². The zero-order valence-electron chi connectivity index (χ0n) is 10.3. The van der Waals surface area contributed by atoms with Crippen molar-refractivity contribution in [3.05, 3.63) is 20.8 Å². The Balaban J connectivity index is 2.04. The van der Waals surface area contributed by atoms with E-state index in [0.29, 0.717) is 6.04 Å². The van der Waals surface area contributed by atoms with Crippen LogP contribution in [-0.4, -0.2) is 31.1 Å². The Morgan fingerprint density at radius 3 is 2.75 bits per heavy atom. The van der Waals surface area contributed by atoms with Crippen LogP contribution in [0.1, 0.15) is 25.1 Å². The second kappa shape index (κ2) is 7.43. The van der Waals surface area contributed by atoms with Gasteiger partial charge in [-0.3, -0.25) is 0 Å². The number of rotatable bonds is 7. The lowest BCUT2D eigenvalue weighted by Crippen LogP contribution is -2.29. The highest BCUT2D eigenvalue weighted by molar-refractivity contribution is 9.11. The molecule has 4 heteroatoms. The fourth-order valence-corrected chi connectivity index (χ4v) is 2.82. The molecule has 1 N–H and O–H groups in total. The first-order valence-electron chi connectivity index (χ1n) is 5.74. The van der Waals surface area contributed by atoms with Gasteiger partial charge in [0, 0.05) is 17.5 Å². The molecule has 0 spiro atoms. The molecule has 0 amide bonds. The molecule has 0 aliphatic rings. The van der Waals surface area contributed by atoms with Crippen LogP contribution in [0.15, 0.2) is 15.9 Å². The van der Waals surface area contributed by atoms with E-state index in [2.05, 4.69) is 59.2 Å². The highest BCUT2D eigenvalue weighted by Crippen LogP contribution is 2.21. The quantitative estimate of drug-likeness (QED) is 0.777. The predicted octanol–water partition coefficient (Wildman–Crippen LogP) is 3.33. The molecule has 0 fully saturated rings. The SMILES string of the molecule is CC(C)N(C)CCCNCc1ccc(Br)s1. The average molecular weight is 305 g/mol. The number of nitrogens with zero attached hydrogens (tertiary/aromatic N) is 1. The highest BCUT2D eigenvalue weighted by Gasteiger charge is 2.02. The van der Waals surface area contributed by atoms with Gasteiger partial charge in [-0.15, -0.1) is 11.3 Å². The first kappa shape index (κ1) is 14.2. The summed E-state index contributed by atoms with van der Waals surface area (Å²) in [5.41, 5.74) is 0. The van der Waals surface area contributed by atoms with Gasteiger partial charge in [-0.2, -0.15) is 0 Å². The van der Waals surface area contributed by atoms with Crippen molar-refractivity contribution >= 4 is 27.3 Å². The largest absolute Gasteiger partial charge is 0.312 e. The summed E-state index contributed by atoms with van der Waals surface area (Å²) in [5, 5.41) is 3.47. The van der Waals surface area contributed by atoms with Crippen LogP contribution in [0.2, 0.25) is 0 Å². The number of hydrogen-bond donors (Lipinski definition) is 1. The van der Waals surface area contributed by atoms with E-state index in [0.717, 1.165) is 13.1 Å². The van der Waals surface area contributed by atoms with Crippen molar-refractivity contribution in [2.45, 2.75) is 32.9 Å². The number of nitrogens with one attached hydrogen (secondary N) is 1. The highest BCUT2D eigenvalue weighted by atomic mass is 79.9. The molecule has 0 radical (unpaired) electrons. The first-order chi connectivity index (χ1) is 7.59. The number of thiophene rings is 1. The Labute approximate surface area is 111 Å². The predicted molar refractivity (Wildman–Crippen MR) is 76.1 cm³/mol. The number of hydrogen-bond acceptors (Lipinski definition) is 3. The molecule has 0 saturated heterocycles. The van der Waals surface area contributed by atoms with Gasteiger partial charge in [0.1, 0.15) is 0 Å². The molecule has 2 nitrogen and oxygen atoms in total. The number of halogens is 1. The Morgan fingerprint density at radius 2 is 2.19 bits per heavy atom. The van der Waals surface area contributed by atoms with Gasteiger partial charge in [0.05, 0.1) is 3.79 Å². The van der Waals surface area contributed by atoms with Gasteiger partial charge in [0.25, 0.3) is 0 Å². The Hall–Kier alpha value is 0.1000. The molecule has 0 atom stereocenters. The third kappa shape index (κ3) is 5.43. The summed E-state index contributed by atoms with van der Waals surface area (Å²) in [6, 6.07) is 4.92. The van der Waals surface area contributed by atoms with Gasteiger partial charge in [0.2, 0.25) is 0 Å². The lowest BCUT2D eigenvalue weighted by atomic mass is 10.3. The normalized spacial score (nSPS) is 11.6. The molecular weight excluding hydrogens is 284 g/mol. The molecule has 1 aromatic heterocycles. The lowest BCUT2D eigenvalue weighted by molar-refractivity contribution is 0.269. The van der Waals surface area contributed by atoms with Gasteiger partial charge >= 0.3 is 0 Å². The molecule has 0 unspecified atom stereocenters. The van der Waals surface area contributed by atoms with Crippen molar-refractivity contribution in [2.24, 2.45) is 0 Å². The summed E-state index contributed by atoms with van der Waals surface area (Å²) >= 11 is 5.27. The Bertz CT molecular complexity index is 299. The van der Waals surface area contributed by atoms with Gasteiger partial charge in [0.15, 0.2) is 0 Å². The summed E-state index contributed by atoms with van der Waals surface area (Å²) in [4.78, 5) is 3.77. The van der Waals surface area contributed by atoms with Crippen molar-refractivity contribution in [1.29, 1.82) is 0 Å². The molecule has 1 heterocycles. The summed E-state index contributed by atoms with van der Waals surface area (Å²) in [6.45, 7) is 7.71. The standard InChI is InChI=1S/C12H21BrN2S/c1-10(2)15(3)8-4-7-14-9-11-5-6-12(13)16-11/h5-6,10,14H,4,7-9H2,1-3H3. The van der Waals surface area contributed by atoms with E-state index in [1.807, 2.05) is 0 Å². The molecule has 92 valence electrons. The summed E-state index contributed by atoms with van der Waals surface area (Å²) in [7, 11) is 2.18. The topological polar surface area (TPSA) is 15.3 Å². The smallest absolute Gasteiger partial charge is 0.0701 e. The van der Waals surface area contributed by atoms with E-state index in [1.165, 1.54) is 21.6 Å². The summed E-state index contributed by atoms with van der Waals surface area (Å²) in [6.07, 6.45) is 1.21. The van der Waals surface area contributed by atoms with E-state index < -0.39 is 0 Å². The molecule has 0 aromatic carbocycles. The van der Waals surface area contributed by atoms with Gasteiger partial charge in [-0.25, -0.2) is 0 Å². The van der Waals surface area contributed by atoms with E-state index in [-0.39, 0.29) is 0 Å². The average Bonchev–Trinajstić information content (AvgIpc) is 2.63. The van der Waals surface area contributed by atoms with Crippen molar-refractivity contribution in [3.63, 3.8) is 0 Å². The first-order valence-corrected chi connectivity index (χ1v) is 7.35. The van der Waals surface area contributed by atoms with Gasteiger partial charge < -0.3 is 10.2 Å². The van der Waals surface area contributed by atoms with Crippen LogP contribution >= 0.6 is 27.3 Å².